The van der Waals surface area contributed by atoms with Gasteiger partial charge in [-0.05, 0) is 44.0 Å². The van der Waals surface area contributed by atoms with Gasteiger partial charge in [0.25, 0.3) is 0 Å². The van der Waals surface area contributed by atoms with Gasteiger partial charge in [-0.15, -0.1) is 0 Å². The highest BCUT2D eigenvalue weighted by Gasteiger charge is 2.34. The van der Waals surface area contributed by atoms with E-state index in [-0.39, 0.29) is 6.04 Å². The third kappa shape index (κ3) is 3.01. The molecule has 0 spiro atoms. The Balaban J connectivity index is 2.24. The van der Waals surface area contributed by atoms with Gasteiger partial charge in [-0.1, -0.05) is 30.7 Å². The van der Waals surface area contributed by atoms with Gasteiger partial charge >= 0.3 is 0 Å². The Morgan fingerprint density at radius 3 is 2.35 bits per heavy atom. The largest absolute Gasteiger partial charge is 0.326 e. The maximum absolute atomic E-state index is 6.17. The zero-order chi connectivity index (χ0) is 12.4. The molecular weight excluding hydrogens is 232 g/mol. The van der Waals surface area contributed by atoms with Crippen molar-refractivity contribution in [1.82, 2.24) is 4.90 Å². The predicted molar refractivity (Wildman–Crippen MR) is 73.2 cm³/mol. The van der Waals surface area contributed by atoms with Crippen LogP contribution in [0.15, 0.2) is 24.3 Å². The molecule has 0 bridgehead atoms. The number of likely N-dealkylation sites (N-methyl/N-ethyl adjacent to an activating group) is 1. The smallest absolute Gasteiger partial charge is 0.0499 e. The highest BCUT2D eigenvalue weighted by Crippen LogP contribution is 2.35. The Morgan fingerprint density at radius 2 is 1.94 bits per heavy atom. The number of hydrogen-bond acceptors (Lipinski definition) is 2. The van der Waals surface area contributed by atoms with Crippen LogP contribution in [0.4, 0.5) is 0 Å². The molecule has 0 heterocycles. The van der Waals surface area contributed by atoms with Crippen molar-refractivity contribution in [2.24, 2.45) is 5.73 Å². The molecular formula is C14H21ClN2. The monoisotopic (exact) mass is 252 g/mol. The molecule has 2 rings (SSSR count). The fraction of sp³-hybridized carbons (Fsp3) is 0.571. The summed E-state index contributed by atoms with van der Waals surface area (Å²) in [5, 5.41) is 0.784. The molecule has 2 unspecified atom stereocenters. The SMILES string of the molecule is CCN(C1CC1)C(c1ccc(Cl)cc1)C(C)N. The molecule has 1 aromatic carbocycles. The summed E-state index contributed by atoms with van der Waals surface area (Å²) in [7, 11) is 0. The van der Waals surface area contributed by atoms with E-state index in [9.17, 15) is 0 Å². The first-order valence-electron chi connectivity index (χ1n) is 6.40. The van der Waals surface area contributed by atoms with Gasteiger partial charge in [-0.2, -0.15) is 0 Å². The van der Waals surface area contributed by atoms with Crippen molar-refractivity contribution in [1.29, 1.82) is 0 Å². The van der Waals surface area contributed by atoms with Crippen LogP contribution in [0.5, 0.6) is 0 Å². The molecule has 3 heteroatoms. The molecule has 0 aromatic heterocycles. The molecule has 0 saturated heterocycles. The number of nitrogens with two attached hydrogens (primary N) is 1. The van der Waals surface area contributed by atoms with Crippen LogP contribution in [-0.4, -0.2) is 23.5 Å². The normalized spacial score (nSPS) is 19.4. The molecule has 17 heavy (non-hydrogen) atoms. The first kappa shape index (κ1) is 12.9. The first-order chi connectivity index (χ1) is 8.13. The fourth-order valence-corrected chi connectivity index (χ4v) is 2.67. The van der Waals surface area contributed by atoms with Gasteiger partial charge in [0.05, 0.1) is 0 Å². The summed E-state index contributed by atoms with van der Waals surface area (Å²) in [5.74, 6) is 0. The maximum atomic E-state index is 6.17. The Hall–Kier alpha value is -0.570. The van der Waals surface area contributed by atoms with Crippen molar-refractivity contribution in [3.8, 4) is 0 Å². The van der Waals surface area contributed by atoms with Crippen LogP contribution in [0.2, 0.25) is 5.02 Å². The minimum absolute atomic E-state index is 0.136. The molecule has 0 aliphatic heterocycles. The van der Waals surface area contributed by atoms with E-state index in [1.165, 1.54) is 18.4 Å². The predicted octanol–water partition coefficient (Wildman–Crippen LogP) is 3.21. The van der Waals surface area contributed by atoms with Gasteiger partial charge in [0.15, 0.2) is 0 Å². The van der Waals surface area contributed by atoms with Crippen molar-refractivity contribution >= 4 is 11.6 Å². The van der Waals surface area contributed by atoms with Gasteiger partial charge < -0.3 is 5.73 Å². The average molecular weight is 253 g/mol. The van der Waals surface area contributed by atoms with Crippen molar-refractivity contribution in [2.45, 2.75) is 44.8 Å². The minimum Gasteiger partial charge on any atom is -0.326 e. The first-order valence-corrected chi connectivity index (χ1v) is 6.78. The number of benzene rings is 1. The molecule has 1 fully saturated rings. The Morgan fingerprint density at radius 1 is 1.35 bits per heavy atom. The summed E-state index contributed by atoms with van der Waals surface area (Å²) in [5.41, 5.74) is 7.45. The highest BCUT2D eigenvalue weighted by molar-refractivity contribution is 6.30. The number of nitrogens with zero attached hydrogens (tertiary/aromatic N) is 1. The number of rotatable bonds is 5. The summed E-state index contributed by atoms with van der Waals surface area (Å²) in [6.45, 7) is 5.35. The second-order valence-corrected chi connectivity index (χ2v) is 5.35. The summed E-state index contributed by atoms with van der Waals surface area (Å²) >= 11 is 5.94. The molecule has 0 radical (unpaired) electrons. The van der Waals surface area contributed by atoms with E-state index < -0.39 is 0 Å². The van der Waals surface area contributed by atoms with Crippen LogP contribution in [0.1, 0.15) is 38.3 Å². The van der Waals surface area contributed by atoms with E-state index >= 15 is 0 Å². The van der Waals surface area contributed by atoms with Crippen LogP contribution >= 0.6 is 11.6 Å². The number of halogens is 1. The van der Waals surface area contributed by atoms with Crippen molar-refractivity contribution in [3.05, 3.63) is 34.9 Å². The van der Waals surface area contributed by atoms with Crippen LogP contribution in [0.3, 0.4) is 0 Å². The van der Waals surface area contributed by atoms with E-state index in [2.05, 4.69) is 30.9 Å². The Kier molecular flexibility index (Phi) is 4.08. The lowest BCUT2D eigenvalue weighted by Gasteiger charge is -2.34. The molecule has 2 atom stereocenters. The molecule has 1 aliphatic carbocycles. The van der Waals surface area contributed by atoms with Crippen molar-refractivity contribution in [2.75, 3.05) is 6.54 Å². The minimum atomic E-state index is 0.136. The lowest BCUT2D eigenvalue weighted by molar-refractivity contribution is 0.176. The number of hydrogen-bond donors (Lipinski definition) is 1. The third-order valence-corrected chi connectivity index (χ3v) is 3.70. The standard InChI is InChI=1S/C14H21ClN2/c1-3-17(13-8-9-13)14(10(2)16)11-4-6-12(15)7-5-11/h4-7,10,13-14H,3,8-9,16H2,1-2H3. The van der Waals surface area contributed by atoms with Crippen LogP contribution in [0.25, 0.3) is 0 Å². The van der Waals surface area contributed by atoms with E-state index in [1.54, 1.807) is 0 Å². The van der Waals surface area contributed by atoms with Gasteiger partial charge in [0, 0.05) is 23.1 Å². The Bertz CT molecular complexity index is 357. The van der Waals surface area contributed by atoms with E-state index in [1.807, 2.05) is 12.1 Å². The third-order valence-electron chi connectivity index (χ3n) is 3.45. The van der Waals surface area contributed by atoms with E-state index in [0.717, 1.165) is 17.6 Å². The molecule has 1 aromatic rings. The average Bonchev–Trinajstić information content (AvgIpc) is 3.11. The topological polar surface area (TPSA) is 29.3 Å². The van der Waals surface area contributed by atoms with Crippen molar-refractivity contribution in [3.63, 3.8) is 0 Å². The fourth-order valence-electron chi connectivity index (χ4n) is 2.55. The van der Waals surface area contributed by atoms with Gasteiger partial charge in [0.2, 0.25) is 0 Å². The van der Waals surface area contributed by atoms with Gasteiger partial charge in [-0.25, -0.2) is 0 Å². The zero-order valence-electron chi connectivity index (χ0n) is 10.6. The summed E-state index contributed by atoms with van der Waals surface area (Å²) in [6, 6.07) is 9.27. The molecule has 2 nitrogen and oxygen atoms in total. The van der Waals surface area contributed by atoms with Gasteiger partial charge in [0.1, 0.15) is 0 Å². The second kappa shape index (κ2) is 5.38. The quantitative estimate of drug-likeness (QED) is 0.872. The van der Waals surface area contributed by atoms with Crippen LogP contribution < -0.4 is 5.73 Å². The van der Waals surface area contributed by atoms with Crippen molar-refractivity contribution < 1.29 is 0 Å². The molecule has 0 amide bonds. The molecule has 1 aliphatic rings. The molecule has 2 N–H and O–H groups in total. The van der Waals surface area contributed by atoms with E-state index in [0.29, 0.717) is 6.04 Å². The molecule has 94 valence electrons. The zero-order valence-corrected chi connectivity index (χ0v) is 11.3. The lowest BCUT2D eigenvalue weighted by atomic mass is 9.99. The maximum Gasteiger partial charge on any atom is 0.0499 e. The summed E-state index contributed by atoms with van der Waals surface area (Å²) in [6.07, 6.45) is 2.62. The van der Waals surface area contributed by atoms with E-state index in [4.69, 9.17) is 17.3 Å². The summed E-state index contributed by atoms with van der Waals surface area (Å²) < 4.78 is 0. The summed E-state index contributed by atoms with van der Waals surface area (Å²) in [4.78, 5) is 2.52. The van der Waals surface area contributed by atoms with Crippen LogP contribution in [0, 0.1) is 0 Å². The van der Waals surface area contributed by atoms with Crippen LogP contribution in [-0.2, 0) is 0 Å². The highest BCUT2D eigenvalue weighted by atomic mass is 35.5. The molecule has 1 saturated carbocycles. The second-order valence-electron chi connectivity index (χ2n) is 4.92. The lowest BCUT2D eigenvalue weighted by Crippen LogP contribution is -2.40. The van der Waals surface area contributed by atoms with Gasteiger partial charge in [-0.3, -0.25) is 4.90 Å². The Labute approximate surface area is 109 Å².